The molecule has 1 aromatic heterocycles. The number of nitrogens with zero attached hydrogens (tertiary/aromatic N) is 3. The van der Waals surface area contributed by atoms with Crippen LogP contribution in [0.4, 0.5) is 5.82 Å². The van der Waals surface area contributed by atoms with Gasteiger partial charge in [-0.25, -0.2) is 4.98 Å². The molecular formula is C12H13N3O2. The van der Waals surface area contributed by atoms with Crippen LogP contribution in [0.2, 0.25) is 0 Å². The Morgan fingerprint density at radius 1 is 1.59 bits per heavy atom. The van der Waals surface area contributed by atoms with Gasteiger partial charge < -0.3 is 10.0 Å². The van der Waals surface area contributed by atoms with Crippen LogP contribution in [0.25, 0.3) is 0 Å². The Morgan fingerprint density at radius 3 is 2.94 bits per heavy atom. The van der Waals surface area contributed by atoms with Crippen molar-refractivity contribution >= 4 is 11.8 Å². The van der Waals surface area contributed by atoms with Crippen molar-refractivity contribution in [3.63, 3.8) is 0 Å². The molecule has 1 N–H and O–H groups in total. The maximum absolute atomic E-state index is 11.0. The normalized spacial score (nSPS) is 23.4. The molecule has 17 heavy (non-hydrogen) atoms. The summed E-state index contributed by atoms with van der Waals surface area (Å²) < 4.78 is 0. The zero-order chi connectivity index (χ0) is 12.4. The highest BCUT2D eigenvalue weighted by atomic mass is 16.4. The molecule has 2 rings (SSSR count). The van der Waals surface area contributed by atoms with Gasteiger partial charge in [0.15, 0.2) is 0 Å². The van der Waals surface area contributed by atoms with E-state index in [2.05, 4.69) is 4.98 Å². The van der Waals surface area contributed by atoms with Crippen molar-refractivity contribution in [1.82, 2.24) is 4.98 Å². The van der Waals surface area contributed by atoms with E-state index < -0.39 is 5.97 Å². The molecule has 5 heteroatoms. The van der Waals surface area contributed by atoms with Crippen molar-refractivity contribution in [2.24, 2.45) is 11.8 Å². The largest absolute Gasteiger partial charge is 0.481 e. The van der Waals surface area contributed by atoms with Gasteiger partial charge >= 0.3 is 5.97 Å². The Balaban J connectivity index is 2.20. The van der Waals surface area contributed by atoms with E-state index in [9.17, 15) is 4.79 Å². The molecule has 1 aliphatic heterocycles. The zero-order valence-corrected chi connectivity index (χ0v) is 9.50. The van der Waals surface area contributed by atoms with E-state index in [1.54, 1.807) is 18.2 Å². The Hall–Kier alpha value is -2.09. The average Bonchev–Trinajstić information content (AvgIpc) is 2.71. The minimum absolute atomic E-state index is 0.0973. The van der Waals surface area contributed by atoms with Gasteiger partial charge in [0, 0.05) is 13.1 Å². The van der Waals surface area contributed by atoms with Crippen LogP contribution in [0.5, 0.6) is 0 Å². The van der Waals surface area contributed by atoms with Gasteiger partial charge in [-0.15, -0.1) is 0 Å². The number of aliphatic carboxylic acids is 1. The summed E-state index contributed by atoms with van der Waals surface area (Å²) in [4.78, 5) is 17.1. The summed E-state index contributed by atoms with van der Waals surface area (Å²) >= 11 is 0. The molecule has 88 valence electrons. The van der Waals surface area contributed by atoms with Crippen LogP contribution >= 0.6 is 0 Å². The van der Waals surface area contributed by atoms with Crippen molar-refractivity contribution in [2.45, 2.75) is 6.92 Å². The van der Waals surface area contributed by atoms with Gasteiger partial charge in [-0.3, -0.25) is 4.79 Å². The van der Waals surface area contributed by atoms with E-state index in [-0.39, 0.29) is 11.8 Å². The molecule has 0 saturated carbocycles. The lowest BCUT2D eigenvalue weighted by molar-refractivity contribution is -0.142. The Labute approximate surface area is 99.3 Å². The third-order valence-electron chi connectivity index (χ3n) is 3.10. The highest BCUT2D eigenvalue weighted by molar-refractivity contribution is 5.72. The van der Waals surface area contributed by atoms with Gasteiger partial charge in [0.1, 0.15) is 17.6 Å². The quantitative estimate of drug-likeness (QED) is 0.825. The molecule has 1 fully saturated rings. The van der Waals surface area contributed by atoms with Crippen molar-refractivity contribution < 1.29 is 9.90 Å². The van der Waals surface area contributed by atoms with Crippen molar-refractivity contribution in [3.8, 4) is 6.07 Å². The highest BCUT2D eigenvalue weighted by Gasteiger charge is 2.35. The molecule has 0 amide bonds. The number of carboxylic acids is 1. The fourth-order valence-corrected chi connectivity index (χ4v) is 2.14. The summed E-state index contributed by atoms with van der Waals surface area (Å²) in [5, 5.41) is 17.8. The second-order valence-electron chi connectivity index (χ2n) is 4.32. The number of carbonyl (C=O) groups is 1. The molecule has 0 bridgehead atoms. The molecule has 0 aliphatic carbocycles. The van der Waals surface area contributed by atoms with Gasteiger partial charge in [-0.2, -0.15) is 5.26 Å². The number of nitriles is 1. The Morgan fingerprint density at radius 2 is 2.35 bits per heavy atom. The molecule has 0 radical (unpaired) electrons. The van der Waals surface area contributed by atoms with E-state index in [0.29, 0.717) is 24.6 Å². The second kappa shape index (κ2) is 4.42. The average molecular weight is 231 g/mol. The number of hydrogen-bond acceptors (Lipinski definition) is 4. The lowest BCUT2D eigenvalue weighted by Gasteiger charge is -2.16. The van der Waals surface area contributed by atoms with E-state index in [1.807, 2.05) is 17.9 Å². The molecule has 2 heterocycles. The van der Waals surface area contributed by atoms with Gasteiger partial charge in [0.05, 0.1) is 5.92 Å². The second-order valence-corrected chi connectivity index (χ2v) is 4.32. The number of anilines is 1. The fraction of sp³-hybridized carbons (Fsp3) is 0.417. The first-order valence-corrected chi connectivity index (χ1v) is 5.46. The molecule has 1 aromatic rings. The minimum atomic E-state index is -0.767. The molecule has 0 unspecified atom stereocenters. The number of carboxylic acid groups (broad SMARTS) is 1. The smallest absolute Gasteiger partial charge is 0.308 e. The molecule has 5 nitrogen and oxygen atoms in total. The Kier molecular flexibility index (Phi) is 2.96. The number of aromatic nitrogens is 1. The van der Waals surface area contributed by atoms with Crippen LogP contribution in [0, 0.1) is 23.2 Å². The lowest BCUT2D eigenvalue weighted by Crippen LogP contribution is -2.23. The summed E-state index contributed by atoms with van der Waals surface area (Å²) in [7, 11) is 0. The standard InChI is InChI=1S/C12H13N3O2/c1-8-6-15(7-10(8)12(16)17)11-4-2-3-9(5-13)14-11/h2-4,8,10H,6-7H2,1H3,(H,16,17)/t8-,10-/m1/s1. The van der Waals surface area contributed by atoms with E-state index >= 15 is 0 Å². The summed E-state index contributed by atoms with van der Waals surface area (Å²) in [6.07, 6.45) is 0. The van der Waals surface area contributed by atoms with Crippen LogP contribution in [0.15, 0.2) is 18.2 Å². The van der Waals surface area contributed by atoms with Gasteiger partial charge in [0.2, 0.25) is 0 Å². The fourth-order valence-electron chi connectivity index (χ4n) is 2.14. The molecular weight excluding hydrogens is 218 g/mol. The van der Waals surface area contributed by atoms with Crippen LogP contribution in [0.3, 0.4) is 0 Å². The zero-order valence-electron chi connectivity index (χ0n) is 9.50. The number of pyridine rings is 1. The number of hydrogen-bond donors (Lipinski definition) is 1. The van der Waals surface area contributed by atoms with Crippen LogP contribution in [0.1, 0.15) is 12.6 Å². The molecule has 1 saturated heterocycles. The van der Waals surface area contributed by atoms with Crippen molar-refractivity contribution in [1.29, 1.82) is 5.26 Å². The first kappa shape index (κ1) is 11.4. The summed E-state index contributed by atoms with van der Waals surface area (Å²) in [6.45, 7) is 3.05. The highest BCUT2D eigenvalue weighted by Crippen LogP contribution is 2.27. The maximum atomic E-state index is 11.0. The van der Waals surface area contributed by atoms with Gasteiger partial charge in [0.25, 0.3) is 0 Å². The molecule has 0 spiro atoms. The third kappa shape index (κ3) is 2.21. The van der Waals surface area contributed by atoms with Crippen LogP contribution < -0.4 is 4.90 Å². The van der Waals surface area contributed by atoms with Crippen LogP contribution in [-0.2, 0) is 4.79 Å². The molecule has 1 aliphatic rings. The SMILES string of the molecule is C[C@@H]1CN(c2cccc(C#N)n2)C[C@H]1C(=O)O. The predicted octanol–water partition coefficient (Wildman–Crippen LogP) is 1.11. The topological polar surface area (TPSA) is 77.2 Å². The van der Waals surface area contributed by atoms with E-state index in [1.165, 1.54) is 0 Å². The number of rotatable bonds is 2. The Bertz CT molecular complexity index is 481. The summed E-state index contributed by atoms with van der Waals surface area (Å²) in [5.74, 6) is -0.348. The molecule has 0 aromatic carbocycles. The molecule has 2 atom stereocenters. The van der Waals surface area contributed by atoms with Crippen LogP contribution in [-0.4, -0.2) is 29.1 Å². The summed E-state index contributed by atoms with van der Waals surface area (Å²) in [6, 6.07) is 7.19. The maximum Gasteiger partial charge on any atom is 0.308 e. The predicted molar refractivity (Wildman–Crippen MR) is 61.5 cm³/mol. The van der Waals surface area contributed by atoms with E-state index in [0.717, 1.165) is 0 Å². The monoisotopic (exact) mass is 231 g/mol. The first-order chi connectivity index (χ1) is 8.11. The minimum Gasteiger partial charge on any atom is -0.481 e. The lowest BCUT2D eigenvalue weighted by atomic mass is 9.99. The summed E-state index contributed by atoms with van der Waals surface area (Å²) in [5.41, 5.74) is 0.355. The van der Waals surface area contributed by atoms with Gasteiger partial charge in [-0.05, 0) is 18.1 Å². The first-order valence-electron chi connectivity index (χ1n) is 5.46. The van der Waals surface area contributed by atoms with E-state index in [4.69, 9.17) is 10.4 Å². The van der Waals surface area contributed by atoms with Crippen molar-refractivity contribution in [3.05, 3.63) is 23.9 Å². The van der Waals surface area contributed by atoms with Crippen molar-refractivity contribution in [2.75, 3.05) is 18.0 Å². The third-order valence-corrected chi connectivity index (χ3v) is 3.10. The van der Waals surface area contributed by atoms with Gasteiger partial charge in [-0.1, -0.05) is 13.0 Å².